The third-order valence-electron chi connectivity index (χ3n) is 16.4. The lowest BCUT2D eigenvalue weighted by Gasteiger charge is -2.38. The number of aromatic nitrogens is 4. The minimum atomic E-state index is -4.30. The van der Waals surface area contributed by atoms with Crippen LogP contribution in [0.2, 0.25) is 0 Å². The van der Waals surface area contributed by atoms with E-state index in [9.17, 15) is 57.0 Å². The van der Waals surface area contributed by atoms with Crippen LogP contribution in [0.15, 0.2) is 92.4 Å². The first kappa shape index (κ1) is 72.3. The molecule has 0 aliphatic carbocycles. The van der Waals surface area contributed by atoms with E-state index in [4.69, 9.17) is 70.4 Å². The number of phosphoric ester groups is 3. The molecule has 11 heterocycles. The predicted octanol–water partition coefficient (Wildman–Crippen LogP) is 1.01. The summed E-state index contributed by atoms with van der Waals surface area (Å²) in [6.07, 6.45) is -2.86. The van der Waals surface area contributed by atoms with Gasteiger partial charge in [0.25, 0.3) is 16.7 Å². The largest absolute Gasteiger partial charge is 0.472 e. The van der Waals surface area contributed by atoms with Gasteiger partial charge in [-0.1, -0.05) is 24.3 Å². The van der Waals surface area contributed by atoms with Crippen molar-refractivity contribution in [1.29, 1.82) is 0 Å². The fourth-order valence-electron chi connectivity index (χ4n) is 12.3. The summed E-state index contributed by atoms with van der Waals surface area (Å²) in [5.74, 6) is 0. The van der Waals surface area contributed by atoms with Crippen molar-refractivity contribution in [3.05, 3.63) is 115 Å². The predicted molar refractivity (Wildman–Crippen MR) is 312 cm³/mol. The molecule has 0 spiro atoms. The molecule has 92 heavy (non-hydrogen) atoms. The number of pyridine rings is 2. The number of nitrogens with zero attached hydrogens (tertiary/aromatic N) is 3. The molecular formula is C52H75N5O31P4. The normalized spacial score (nSPS) is 35.6. The fraction of sp³-hybridized carbons (Fsp3) is 0.654. The molecule has 8 fully saturated rings. The summed E-state index contributed by atoms with van der Waals surface area (Å²) < 4.78 is 152. The summed E-state index contributed by atoms with van der Waals surface area (Å²) >= 11 is 0. The van der Waals surface area contributed by atoms with Crippen LogP contribution in [0.3, 0.4) is 0 Å². The Morgan fingerprint density at radius 1 is 0.533 bits per heavy atom. The number of H-pyrrole nitrogens is 1. The molecular weight excluding hydrogens is 1310 g/mol. The molecule has 8 saturated heterocycles. The third-order valence-corrected chi connectivity index (χ3v) is 20.4. The van der Waals surface area contributed by atoms with Gasteiger partial charge in [0.05, 0.1) is 65.0 Å². The summed E-state index contributed by atoms with van der Waals surface area (Å²) in [5, 5.41) is 3.84. The number of hydrogen-bond donors (Lipinski definition) is 6. The van der Waals surface area contributed by atoms with Crippen LogP contribution in [-0.2, 0) is 107 Å². The van der Waals surface area contributed by atoms with Gasteiger partial charge in [-0.25, -0.2) is 28.1 Å². The topological polar surface area (TPSA) is 435 Å². The Kier molecular flexibility index (Phi) is 22.8. The SMILES string of the molecule is COC[C@]12CCO[C@@H](C1OP(=O)(O)OC)[C@H](C)O2.COC[C@]12CO[C@@H](C1NP(=O)(O)OC)[C@H](n1ccc(=O)[nH]c1=O)O2.COC[C@]12CO[C@@H](C1OP(=O)(O)OC)[C@H](n1ccc3ccccc3c1=O)O2.COC[C@]12CO[C@@H](C1OP(=O)(O)OC)[C@H](n1ccccc1=O)O2. The summed E-state index contributed by atoms with van der Waals surface area (Å²) in [6, 6.07) is 14.1. The molecule has 514 valence electrons. The highest BCUT2D eigenvalue weighted by atomic mass is 31.2. The van der Waals surface area contributed by atoms with Crippen molar-refractivity contribution in [3.8, 4) is 0 Å². The van der Waals surface area contributed by atoms with Gasteiger partial charge < -0.3 is 80.9 Å². The number of rotatable bonds is 23. The molecule has 0 amide bonds. The van der Waals surface area contributed by atoms with Gasteiger partial charge in [-0.2, -0.15) is 0 Å². The van der Waals surface area contributed by atoms with Crippen LogP contribution >= 0.6 is 31.2 Å². The molecule has 8 bridgehead atoms. The molecule has 3 aromatic heterocycles. The first-order valence-electron chi connectivity index (χ1n) is 28.2. The van der Waals surface area contributed by atoms with E-state index in [1.54, 1.807) is 49.8 Å². The van der Waals surface area contributed by atoms with Crippen molar-refractivity contribution in [2.45, 2.75) is 109 Å². The second-order valence-electron chi connectivity index (χ2n) is 22.2. The maximum atomic E-state index is 12.9. The molecule has 20 atom stereocenters. The molecule has 12 rings (SSSR count). The van der Waals surface area contributed by atoms with Gasteiger partial charge in [0.1, 0.15) is 65.1 Å². The van der Waals surface area contributed by atoms with Crippen LogP contribution in [0.4, 0.5) is 0 Å². The van der Waals surface area contributed by atoms with Gasteiger partial charge in [0, 0.05) is 99.4 Å². The Morgan fingerprint density at radius 2 is 1.01 bits per heavy atom. The van der Waals surface area contributed by atoms with E-state index in [2.05, 4.69) is 28.2 Å². The lowest BCUT2D eigenvalue weighted by atomic mass is 9.90. The zero-order valence-electron chi connectivity index (χ0n) is 51.2. The number of aromatic amines is 1. The van der Waals surface area contributed by atoms with Gasteiger partial charge in [-0.05, 0) is 30.5 Å². The van der Waals surface area contributed by atoms with Gasteiger partial charge in [-0.15, -0.1) is 0 Å². The number of hydrogen-bond acceptors (Lipinski definition) is 27. The number of nitrogens with one attached hydrogen (secondary N) is 2. The van der Waals surface area contributed by atoms with E-state index in [0.717, 1.165) is 38.4 Å². The Morgan fingerprint density at radius 3 is 1.55 bits per heavy atom. The highest BCUT2D eigenvalue weighted by molar-refractivity contribution is 7.50. The quantitative estimate of drug-likeness (QED) is 0.0564. The maximum Gasteiger partial charge on any atom is 0.472 e. The lowest BCUT2D eigenvalue weighted by molar-refractivity contribution is -0.190. The Hall–Kier alpha value is -3.98. The zero-order chi connectivity index (χ0) is 66.8. The van der Waals surface area contributed by atoms with E-state index in [1.165, 1.54) is 48.8 Å². The number of benzene rings is 1. The molecule has 1 aromatic carbocycles. The summed E-state index contributed by atoms with van der Waals surface area (Å²) in [7, 11) is -6.38. The van der Waals surface area contributed by atoms with Gasteiger partial charge >= 0.3 is 36.9 Å². The summed E-state index contributed by atoms with van der Waals surface area (Å²) in [4.78, 5) is 88.9. The summed E-state index contributed by atoms with van der Waals surface area (Å²) in [5.41, 5.74) is -5.76. The Balaban J connectivity index is 0.000000146. The van der Waals surface area contributed by atoms with E-state index >= 15 is 0 Å². The van der Waals surface area contributed by atoms with E-state index < -0.39 is 126 Å². The molecule has 0 saturated carbocycles. The Bertz CT molecular complexity index is 3670. The smallest absolute Gasteiger partial charge is 0.382 e. The highest BCUT2D eigenvalue weighted by Crippen LogP contribution is 2.57. The van der Waals surface area contributed by atoms with Crippen LogP contribution in [0.25, 0.3) is 10.8 Å². The van der Waals surface area contributed by atoms with Crippen molar-refractivity contribution in [2.24, 2.45) is 0 Å². The second kappa shape index (κ2) is 29.0. The van der Waals surface area contributed by atoms with Crippen molar-refractivity contribution in [2.75, 3.05) is 110 Å². The van der Waals surface area contributed by atoms with Crippen molar-refractivity contribution >= 4 is 42.0 Å². The third kappa shape index (κ3) is 14.8. The van der Waals surface area contributed by atoms with E-state index in [-0.39, 0.29) is 69.6 Å². The van der Waals surface area contributed by atoms with Crippen molar-refractivity contribution in [1.82, 2.24) is 23.8 Å². The number of fused-ring (bicyclic) bond motifs is 9. The van der Waals surface area contributed by atoms with Gasteiger partial charge in [0.15, 0.2) is 18.7 Å². The van der Waals surface area contributed by atoms with Crippen LogP contribution in [-0.4, -0.2) is 225 Å². The fourth-order valence-corrected chi connectivity index (χ4v) is 15.2. The van der Waals surface area contributed by atoms with Crippen LogP contribution < -0.4 is 27.5 Å². The van der Waals surface area contributed by atoms with E-state index in [0.29, 0.717) is 18.4 Å². The number of methoxy groups -OCH3 is 4. The van der Waals surface area contributed by atoms with Crippen LogP contribution in [0, 0.1) is 0 Å². The average Bonchev–Trinajstić information content (AvgIpc) is 1.59. The minimum Gasteiger partial charge on any atom is -0.382 e. The summed E-state index contributed by atoms with van der Waals surface area (Å²) in [6.45, 7) is 3.20. The standard InChI is InChI=1S/C17H20NO8P.C13H18NO8P.C12H18N3O8P.C10H19O7P/c1-22-9-17-10-24-13(14(17)26-27(20,21)23-2)16(25-17)18-8-7-11-5-3-4-6-12(11)15(18)19;1-18-7-13-8-20-10(11(13)22-23(16,17)19-2)12(21-13)14-6-4-3-5-9(14)15;1-20-5-12-6-22-8(9(12)14-24(18,19)21-2)10(23-12)15-4-3-7(16)13-11(15)17;1-7-8-9(17-18(11,12)14-3)10(16-7,6-13-2)4-5-15-8/h3-8,13-14,16H,9-10H2,1-2H3,(H,20,21);3-6,10-12H,7-8H2,1-2H3,(H,16,17);3-4,8-10H,5-6H2,1-2H3,(H,13,16,17)(H2,14,18,19);7-9H,4-6H2,1-3H3,(H,11,12)/t13-,14?,16+,17-;10-,11?,12+,13-;8-,9?,10+,12-;7-,8+,9?,10+/m0000/s1. The van der Waals surface area contributed by atoms with E-state index in [1.807, 2.05) is 19.1 Å². The van der Waals surface area contributed by atoms with Crippen molar-refractivity contribution in [3.63, 3.8) is 0 Å². The lowest BCUT2D eigenvalue weighted by Crippen LogP contribution is -2.52. The van der Waals surface area contributed by atoms with Crippen LogP contribution in [0.5, 0.6) is 0 Å². The molecule has 6 N–H and O–H groups in total. The molecule has 36 nitrogen and oxygen atoms in total. The highest BCUT2D eigenvalue weighted by Gasteiger charge is 2.67. The van der Waals surface area contributed by atoms with Crippen molar-refractivity contribution < 1.29 is 126 Å². The first-order chi connectivity index (χ1) is 43.6. The minimum absolute atomic E-state index is 0.0662. The number of ether oxygens (including phenoxy) is 12. The molecule has 40 heteroatoms. The molecule has 4 aromatic rings. The molecule has 8 unspecified atom stereocenters. The number of phosphoric acid groups is 3. The van der Waals surface area contributed by atoms with Crippen LogP contribution in [0.1, 0.15) is 32.0 Å². The zero-order valence-corrected chi connectivity index (χ0v) is 54.7. The maximum absolute atomic E-state index is 12.9. The monoisotopic (exact) mass is 1390 g/mol. The van der Waals surface area contributed by atoms with Gasteiger partial charge in [-0.3, -0.25) is 60.2 Å². The molecule has 0 radical (unpaired) electrons. The Labute approximate surface area is 524 Å². The van der Waals surface area contributed by atoms with Gasteiger partial charge in [0.2, 0.25) is 0 Å². The second-order valence-corrected chi connectivity index (χ2v) is 28.4. The average molecular weight is 1390 g/mol. The first-order valence-corrected chi connectivity index (χ1v) is 34.2. The molecule has 8 aliphatic rings. The molecule has 8 aliphatic heterocycles.